The van der Waals surface area contributed by atoms with Crippen LogP contribution in [0.5, 0.6) is 11.5 Å². The minimum absolute atomic E-state index is 0.205. The standard InChI is InChI=1S/C16H16O5S.C10H14O6S2/c17-11-14-5-7-16(8-6-14)21-10-9-13-1-3-15(4-2-13)12-22(18,19)20;1-17(11,12)16-10-6-4-9(5-7-10)3-2-8-18(13,14)15/h1-8,11H,9-10,12H2,(H,18,19,20);4-7H,2-3,8H2,1H3,(H,13,14,15). The predicted molar refractivity (Wildman–Crippen MR) is 149 cm³/mol. The summed E-state index contributed by atoms with van der Waals surface area (Å²) in [7, 11) is -11.5. The number of aryl methyl sites for hydroxylation is 1. The Labute approximate surface area is 234 Å². The van der Waals surface area contributed by atoms with Crippen molar-refractivity contribution in [2.24, 2.45) is 0 Å². The molecule has 0 saturated heterocycles. The first kappa shape index (κ1) is 32.9. The number of hydrogen-bond acceptors (Lipinski definition) is 9. The van der Waals surface area contributed by atoms with Gasteiger partial charge < -0.3 is 8.92 Å². The van der Waals surface area contributed by atoms with Gasteiger partial charge in [0.25, 0.3) is 20.2 Å². The highest BCUT2D eigenvalue weighted by Gasteiger charge is 2.07. The van der Waals surface area contributed by atoms with Gasteiger partial charge >= 0.3 is 10.1 Å². The van der Waals surface area contributed by atoms with Crippen molar-refractivity contribution >= 4 is 36.6 Å². The number of carbonyl (C=O) groups is 1. The lowest BCUT2D eigenvalue weighted by molar-refractivity contribution is 0.112. The molecule has 0 bridgehead atoms. The van der Waals surface area contributed by atoms with Crippen LogP contribution in [0.2, 0.25) is 0 Å². The largest absolute Gasteiger partial charge is 0.493 e. The Morgan fingerprint density at radius 1 is 0.675 bits per heavy atom. The van der Waals surface area contributed by atoms with Gasteiger partial charge in [-0.3, -0.25) is 13.9 Å². The van der Waals surface area contributed by atoms with Gasteiger partial charge in [0, 0.05) is 12.0 Å². The van der Waals surface area contributed by atoms with Crippen molar-refractivity contribution in [2.45, 2.75) is 25.0 Å². The van der Waals surface area contributed by atoms with Crippen LogP contribution in [-0.4, -0.2) is 59.3 Å². The normalized spacial score (nSPS) is 11.7. The molecule has 0 aliphatic carbocycles. The van der Waals surface area contributed by atoms with E-state index in [2.05, 4.69) is 4.18 Å². The molecule has 0 spiro atoms. The third-order valence-corrected chi connectivity index (χ3v) is 7.08. The maximum Gasteiger partial charge on any atom is 0.306 e. The lowest BCUT2D eigenvalue weighted by atomic mass is 10.1. The third kappa shape index (κ3) is 14.7. The molecule has 14 heteroatoms. The van der Waals surface area contributed by atoms with Gasteiger partial charge in [-0.05, 0) is 65.9 Å². The highest BCUT2D eigenvalue weighted by Crippen LogP contribution is 2.15. The van der Waals surface area contributed by atoms with Crippen LogP contribution in [0.25, 0.3) is 0 Å². The molecule has 0 radical (unpaired) electrons. The fourth-order valence-electron chi connectivity index (χ4n) is 3.29. The van der Waals surface area contributed by atoms with E-state index in [-0.39, 0.29) is 17.3 Å². The quantitative estimate of drug-likeness (QED) is 0.164. The molecule has 40 heavy (non-hydrogen) atoms. The van der Waals surface area contributed by atoms with E-state index in [1.807, 2.05) is 0 Å². The molecule has 0 aliphatic rings. The van der Waals surface area contributed by atoms with E-state index >= 15 is 0 Å². The molecule has 0 aromatic heterocycles. The van der Waals surface area contributed by atoms with Gasteiger partial charge in [0.05, 0.1) is 18.6 Å². The Morgan fingerprint density at radius 3 is 1.68 bits per heavy atom. The Balaban J connectivity index is 0.000000286. The summed E-state index contributed by atoms with van der Waals surface area (Å²) in [6.07, 6.45) is 3.16. The highest BCUT2D eigenvalue weighted by molar-refractivity contribution is 7.86. The highest BCUT2D eigenvalue weighted by atomic mass is 32.2. The molecule has 3 aromatic carbocycles. The lowest BCUT2D eigenvalue weighted by Crippen LogP contribution is -2.06. The Kier molecular flexibility index (Phi) is 12.3. The van der Waals surface area contributed by atoms with Gasteiger partial charge in [0.15, 0.2) is 0 Å². The summed E-state index contributed by atoms with van der Waals surface area (Å²) in [6, 6.07) is 20.1. The molecular weight excluding hydrogens is 584 g/mol. The molecule has 0 unspecified atom stereocenters. The zero-order valence-corrected chi connectivity index (χ0v) is 24.0. The first-order chi connectivity index (χ1) is 18.6. The number of ether oxygens (including phenoxy) is 1. The van der Waals surface area contributed by atoms with Crippen LogP contribution in [0.1, 0.15) is 33.5 Å². The minimum atomic E-state index is -4.00. The molecule has 0 saturated carbocycles. The van der Waals surface area contributed by atoms with E-state index in [1.54, 1.807) is 60.7 Å². The maximum atomic E-state index is 10.9. The fourth-order valence-corrected chi connectivity index (χ4v) is 4.87. The van der Waals surface area contributed by atoms with E-state index < -0.39 is 30.4 Å². The SMILES string of the molecule is CS(=O)(=O)Oc1ccc(CCCS(=O)(=O)O)cc1.O=Cc1ccc(OCCc2ccc(CS(=O)(=O)O)cc2)cc1. The molecule has 2 N–H and O–H groups in total. The first-order valence-corrected chi connectivity index (χ1v) is 16.8. The monoisotopic (exact) mass is 614 g/mol. The van der Waals surface area contributed by atoms with Crippen LogP contribution in [-0.2, 0) is 48.9 Å². The molecule has 0 amide bonds. The molecule has 0 atom stereocenters. The predicted octanol–water partition coefficient (Wildman–Crippen LogP) is 3.35. The van der Waals surface area contributed by atoms with Crippen LogP contribution in [0.15, 0.2) is 72.8 Å². The summed E-state index contributed by atoms with van der Waals surface area (Å²) in [6.45, 7) is 0.470. The van der Waals surface area contributed by atoms with Gasteiger partial charge in [-0.25, -0.2) is 0 Å². The van der Waals surface area contributed by atoms with Crippen molar-refractivity contribution in [3.8, 4) is 11.5 Å². The van der Waals surface area contributed by atoms with Crippen molar-refractivity contribution in [1.82, 2.24) is 0 Å². The number of benzene rings is 3. The van der Waals surface area contributed by atoms with Gasteiger partial charge in [-0.2, -0.15) is 25.3 Å². The van der Waals surface area contributed by atoms with Gasteiger partial charge in [-0.1, -0.05) is 36.4 Å². The van der Waals surface area contributed by atoms with Gasteiger partial charge in [-0.15, -0.1) is 0 Å². The van der Waals surface area contributed by atoms with Crippen molar-refractivity contribution in [2.75, 3.05) is 18.6 Å². The summed E-state index contributed by atoms with van der Waals surface area (Å²) < 4.78 is 91.8. The van der Waals surface area contributed by atoms with Crippen LogP contribution < -0.4 is 8.92 Å². The molecule has 11 nitrogen and oxygen atoms in total. The number of carbonyl (C=O) groups excluding carboxylic acids is 1. The average molecular weight is 615 g/mol. The molecule has 0 aliphatic heterocycles. The summed E-state index contributed by atoms with van der Waals surface area (Å²) in [4.78, 5) is 10.5. The van der Waals surface area contributed by atoms with E-state index in [9.17, 15) is 30.0 Å². The summed E-state index contributed by atoms with van der Waals surface area (Å²) in [5, 5.41) is 0. The maximum absolute atomic E-state index is 10.9. The van der Waals surface area contributed by atoms with Gasteiger partial charge in [0.1, 0.15) is 23.5 Å². The molecule has 218 valence electrons. The topological polar surface area (TPSA) is 178 Å². The summed E-state index contributed by atoms with van der Waals surface area (Å²) in [5.41, 5.74) is 2.97. The second kappa shape index (κ2) is 14.9. The van der Waals surface area contributed by atoms with E-state index in [1.165, 1.54) is 12.1 Å². The van der Waals surface area contributed by atoms with E-state index in [4.69, 9.17) is 13.8 Å². The second-order valence-electron chi connectivity index (χ2n) is 8.65. The minimum Gasteiger partial charge on any atom is -0.493 e. The Morgan fingerprint density at radius 2 is 1.18 bits per heavy atom. The number of hydrogen-bond donors (Lipinski definition) is 2. The van der Waals surface area contributed by atoms with Crippen LogP contribution >= 0.6 is 0 Å². The van der Waals surface area contributed by atoms with Crippen LogP contribution in [0, 0.1) is 0 Å². The number of aldehydes is 1. The Bertz CT molecular complexity index is 1550. The van der Waals surface area contributed by atoms with Crippen LogP contribution in [0.3, 0.4) is 0 Å². The Hall–Kier alpha value is -3.30. The van der Waals surface area contributed by atoms with Crippen molar-refractivity contribution in [1.29, 1.82) is 0 Å². The van der Waals surface area contributed by atoms with Gasteiger partial charge in [0.2, 0.25) is 0 Å². The third-order valence-electron chi connectivity index (χ3n) is 5.09. The van der Waals surface area contributed by atoms with Crippen molar-refractivity contribution in [3.05, 3.63) is 95.1 Å². The fraction of sp³-hybridized carbons (Fsp3) is 0.269. The molecule has 0 fully saturated rings. The first-order valence-electron chi connectivity index (χ1n) is 11.8. The zero-order valence-electron chi connectivity index (χ0n) is 21.5. The second-order valence-corrected chi connectivity index (χ2v) is 13.2. The number of rotatable bonds is 13. The van der Waals surface area contributed by atoms with E-state index in [0.29, 0.717) is 42.7 Å². The molecular formula is C26H30O11S3. The summed E-state index contributed by atoms with van der Waals surface area (Å²) >= 11 is 0. The molecule has 0 heterocycles. The molecule has 3 rings (SSSR count). The van der Waals surface area contributed by atoms with Crippen molar-refractivity contribution in [3.63, 3.8) is 0 Å². The lowest BCUT2D eigenvalue weighted by Gasteiger charge is -2.07. The average Bonchev–Trinajstić information content (AvgIpc) is 2.84. The smallest absolute Gasteiger partial charge is 0.306 e. The van der Waals surface area contributed by atoms with Crippen LogP contribution in [0.4, 0.5) is 0 Å². The molecule has 3 aromatic rings. The zero-order chi connectivity index (χ0) is 29.8. The summed E-state index contributed by atoms with van der Waals surface area (Å²) in [5.74, 6) is 0.214. The van der Waals surface area contributed by atoms with Crippen molar-refractivity contribution < 1.29 is 48.1 Å². The van der Waals surface area contributed by atoms with E-state index in [0.717, 1.165) is 23.7 Å².